The van der Waals surface area contributed by atoms with Gasteiger partial charge in [0.15, 0.2) is 11.5 Å². The molecule has 8 nitrogen and oxygen atoms in total. The average molecular weight is 486 g/mol. The maximum atomic E-state index is 13.9. The van der Waals surface area contributed by atoms with Gasteiger partial charge in [-0.1, -0.05) is 24.3 Å². The highest BCUT2D eigenvalue weighted by molar-refractivity contribution is 7.92. The van der Waals surface area contributed by atoms with E-state index in [0.29, 0.717) is 29.3 Å². The number of nitrogens with one attached hydrogen (secondary N) is 3. The number of anilines is 2. The van der Waals surface area contributed by atoms with E-state index in [1.807, 2.05) is 6.07 Å². The van der Waals surface area contributed by atoms with E-state index >= 15 is 0 Å². The molecule has 1 heterocycles. The first-order valence-electron chi connectivity index (χ1n) is 10.5. The molecule has 0 saturated carbocycles. The number of sulfonamides is 1. The highest BCUT2D eigenvalue weighted by atomic mass is 32.2. The third-order valence-electron chi connectivity index (χ3n) is 5.28. The second kappa shape index (κ2) is 9.60. The third-order valence-corrected chi connectivity index (χ3v) is 6.78. The van der Waals surface area contributed by atoms with Crippen LogP contribution >= 0.6 is 0 Å². The van der Waals surface area contributed by atoms with Crippen LogP contribution < -0.4 is 24.8 Å². The van der Waals surface area contributed by atoms with E-state index in [0.717, 1.165) is 5.56 Å². The van der Waals surface area contributed by atoms with Gasteiger partial charge in [0.2, 0.25) is 12.7 Å². The van der Waals surface area contributed by atoms with E-state index in [1.165, 1.54) is 30.3 Å². The zero-order chi connectivity index (χ0) is 24.3. The summed E-state index contributed by atoms with van der Waals surface area (Å²) in [5.74, 6) is 0.355. The highest BCUT2D eigenvalue weighted by Crippen LogP contribution is 2.32. The van der Waals surface area contributed by atoms with Gasteiger partial charge in [-0.15, -0.1) is 0 Å². The summed E-state index contributed by atoms with van der Waals surface area (Å²) < 4.78 is 52.6. The van der Waals surface area contributed by atoms with Gasteiger partial charge in [-0.25, -0.2) is 12.8 Å². The summed E-state index contributed by atoms with van der Waals surface area (Å²) in [6.45, 7) is 3.78. The van der Waals surface area contributed by atoms with Gasteiger partial charge in [0, 0.05) is 12.2 Å². The summed E-state index contributed by atoms with van der Waals surface area (Å²) >= 11 is 0. The summed E-state index contributed by atoms with van der Waals surface area (Å²) in [6, 6.07) is 15.0. The molecule has 34 heavy (non-hydrogen) atoms. The van der Waals surface area contributed by atoms with Crippen LogP contribution in [0, 0.1) is 12.7 Å². The highest BCUT2D eigenvalue weighted by Gasteiger charge is 2.21. The molecule has 3 N–H and O–H groups in total. The Kier molecular flexibility index (Phi) is 6.60. The van der Waals surface area contributed by atoms with Crippen molar-refractivity contribution in [1.29, 1.82) is 0 Å². The number of carbonyl (C=O) groups excluding carboxylic acids is 1. The first-order chi connectivity index (χ1) is 16.2. The molecule has 1 aliphatic heterocycles. The van der Waals surface area contributed by atoms with Crippen LogP contribution in [0.5, 0.6) is 11.5 Å². The maximum absolute atomic E-state index is 13.9. The van der Waals surface area contributed by atoms with Crippen molar-refractivity contribution in [2.45, 2.75) is 31.3 Å². The van der Waals surface area contributed by atoms with Crippen LogP contribution in [0.2, 0.25) is 0 Å². The number of para-hydroxylation sites is 1. The molecular weight excluding hydrogens is 461 g/mol. The van der Waals surface area contributed by atoms with Gasteiger partial charge < -0.3 is 20.1 Å². The number of hydrogen-bond donors (Lipinski definition) is 3. The fraction of sp³-hybridized carbons (Fsp3) is 0.208. The molecule has 4 rings (SSSR count). The molecule has 3 aromatic carbocycles. The number of aryl methyl sites for hydroxylation is 1. The van der Waals surface area contributed by atoms with Crippen LogP contribution in [-0.2, 0) is 21.4 Å². The van der Waals surface area contributed by atoms with Crippen molar-refractivity contribution < 1.29 is 27.1 Å². The quantitative estimate of drug-likeness (QED) is 0.449. The molecule has 178 valence electrons. The minimum atomic E-state index is -4.05. The van der Waals surface area contributed by atoms with Crippen molar-refractivity contribution in [2.75, 3.05) is 16.8 Å². The summed E-state index contributed by atoms with van der Waals surface area (Å²) in [4.78, 5) is 12.6. The summed E-state index contributed by atoms with van der Waals surface area (Å²) in [7, 11) is -4.05. The number of carbonyl (C=O) groups is 1. The lowest BCUT2D eigenvalue weighted by molar-refractivity contribution is -0.121. The molecule has 1 atom stereocenters. The fourth-order valence-corrected chi connectivity index (χ4v) is 4.77. The normalized spacial score (nSPS) is 13.3. The van der Waals surface area contributed by atoms with Gasteiger partial charge in [-0.2, -0.15) is 0 Å². The third kappa shape index (κ3) is 5.23. The van der Waals surface area contributed by atoms with E-state index in [1.54, 1.807) is 38.1 Å². The van der Waals surface area contributed by atoms with Crippen LogP contribution in [0.4, 0.5) is 15.8 Å². The van der Waals surface area contributed by atoms with Gasteiger partial charge in [0.25, 0.3) is 10.0 Å². The van der Waals surface area contributed by atoms with Gasteiger partial charge in [-0.3, -0.25) is 9.52 Å². The Balaban J connectivity index is 1.42. The van der Waals surface area contributed by atoms with E-state index in [9.17, 15) is 17.6 Å². The molecule has 0 spiro atoms. The Morgan fingerprint density at radius 2 is 1.82 bits per heavy atom. The molecular formula is C24H24FN3O5S. The smallest absolute Gasteiger partial charge is 0.262 e. The van der Waals surface area contributed by atoms with Crippen molar-refractivity contribution in [2.24, 2.45) is 0 Å². The number of benzene rings is 3. The molecule has 0 aromatic heterocycles. The lowest BCUT2D eigenvalue weighted by Crippen LogP contribution is -2.37. The first-order valence-corrected chi connectivity index (χ1v) is 12.0. The van der Waals surface area contributed by atoms with Crippen molar-refractivity contribution in [1.82, 2.24) is 5.32 Å². The summed E-state index contributed by atoms with van der Waals surface area (Å²) in [5.41, 5.74) is 1.63. The SMILES string of the molecule is Cc1ccc(N[C@@H](C)C(=O)NCc2ccc3c(c2)OCO3)cc1S(=O)(=O)Nc1ccccc1F. The fourth-order valence-electron chi connectivity index (χ4n) is 3.43. The minimum Gasteiger partial charge on any atom is -0.454 e. The van der Waals surface area contributed by atoms with Gasteiger partial charge in [0.1, 0.15) is 11.9 Å². The molecule has 10 heteroatoms. The number of amides is 1. The van der Waals surface area contributed by atoms with E-state index < -0.39 is 21.9 Å². The van der Waals surface area contributed by atoms with Crippen LogP contribution in [0.25, 0.3) is 0 Å². The van der Waals surface area contributed by atoms with Crippen molar-refractivity contribution in [3.8, 4) is 11.5 Å². The van der Waals surface area contributed by atoms with Crippen LogP contribution in [0.15, 0.2) is 65.6 Å². The Hall–Kier alpha value is -3.79. The predicted molar refractivity (Wildman–Crippen MR) is 126 cm³/mol. The topological polar surface area (TPSA) is 106 Å². The van der Waals surface area contributed by atoms with Crippen molar-refractivity contribution in [3.63, 3.8) is 0 Å². The first kappa shape index (κ1) is 23.4. The Bertz CT molecular complexity index is 1330. The van der Waals surface area contributed by atoms with Crippen molar-refractivity contribution >= 4 is 27.3 Å². The molecule has 0 bridgehead atoms. The molecule has 0 saturated heterocycles. The number of fused-ring (bicyclic) bond motifs is 1. The predicted octanol–water partition coefficient (Wildman–Crippen LogP) is 3.78. The molecule has 0 aliphatic carbocycles. The Morgan fingerprint density at radius 3 is 2.62 bits per heavy atom. The Labute approximate surface area is 197 Å². The second-order valence-electron chi connectivity index (χ2n) is 7.84. The van der Waals surface area contributed by atoms with Crippen LogP contribution in [-0.4, -0.2) is 27.2 Å². The zero-order valence-electron chi connectivity index (χ0n) is 18.6. The maximum Gasteiger partial charge on any atom is 0.262 e. The van der Waals surface area contributed by atoms with E-state index in [4.69, 9.17) is 9.47 Å². The van der Waals surface area contributed by atoms with Crippen LogP contribution in [0.1, 0.15) is 18.1 Å². The summed E-state index contributed by atoms with van der Waals surface area (Å²) in [6.07, 6.45) is 0. The molecule has 0 radical (unpaired) electrons. The van der Waals surface area contributed by atoms with Crippen molar-refractivity contribution in [3.05, 3.63) is 77.6 Å². The molecule has 0 fully saturated rings. The van der Waals surface area contributed by atoms with E-state index in [-0.39, 0.29) is 23.3 Å². The number of ether oxygens (including phenoxy) is 2. The monoisotopic (exact) mass is 485 g/mol. The molecule has 3 aromatic rings. The average Bonchev–Trinajstić information content (AvgIpc) is 3.28. The second-order valence-corrected chi connectivity index (χ2v) is 9.49. The lowest BCUT2D eigenvalue weighted by Gasteiger charge is -2.17. The lowest BCUT2D eigenvalue weighted by atomic mass is 10.2. The standard InChI is InChI=1S/C24H24FN3O5S/c1-15-7-9-18(12-23(15)34(30,31)28-20-6-4-3-5-19(20)25)27-16(2)24(29)26-13-17-8-10-21-22(11-17)33-14-32-21/h3-12,16,27-28H,13-14H2,1-2H3,(H,26,29)/t16-/m0/s1. The largest absolute Gasteiger partial charge is 0.454 e. The Morgan fingerprint density at radius 1 is 1.06 bits per heavy atom. The van der Waals surface area contributed by atoms with Gasteiger partial charge in [0.05, 0.1) is 10.6 Å². The molecule has 1 amide bonds. The molecule has 0 unspecified atom stereocenters. The number of rotatable bonds is 8. The van der Waals surface area contributed by atoms with Gasteiger partial charge >= 0.3 is 0 Å². The van der Waals surface area contributed by atoms with Gasteiger partial charge in [-0.05, 0) is 61.4 Å². The van der Waals surface area contributed by atoms with Crippen LogP contribution in [0.3, 0.4) is 0 Å². The zero-order valence-corrected chi connectivity index (χ0v) is 19.4. The summed E-state index contributed by atoms with van der Waals surface area (Å²) in [5, 5.41) is 5.85. The minimum absolute atomic E-state index is 0.0197. The molecule has 1 aliphatic rings. The number of halogens is 1. The van der Waals surface area contributed by atoms with E-state index in [2.05, 4.69) is 15.4 Å². The number of hydrogen-bond acceptors (Lipinski definition) is 6.